The minimum Gasteiger partial charge on any atom is -0.351 e. The van der Waals surface area contributed by atoms with E-state index in [1.165, 1.54) is 11.3 Å². The molecule has 0 radical (unpaired) electrons. The molecule has 0 bridgehead atoms. The highest BCUT2D eigenvalue weighted by Crippen LogP contribution is 2.28. The van der Waals surface area contributed by atoms with Crippen molar-refractivity contribution in [2.75, 3.05) is 6.54 Å². The molecule has 3 heterocycles. The third-order valence-corrected chi connectivity index (χ3v) is 4.51. The van der Waals surface area contributed by atoms with Crippen LogP contribution in [0.4, 0.5) is 0 Å². The van der Waals surface area contributed by atoms with E-state index in [-0.39, 0.29) is 5.91 Å². The number of fused-ring (bicyclic) bond motifs is 1. The summed E-state index contributed by atoms with van der Waals surface area (Å²) in [6.45, 7) is 0.702. The zero-order valence-corrected chi connectivity index (χ0v) is 12.6. The molecule has 2 aromatic heterocycles. The van der Waals surface area contributed by atoms with E-state index in [2.05, 4.69) is 20.3 Å². The number of thiazole rings is 1. The van der Waals surface area contributed by atoms with Gasteiger partial charge in [-0.05, 0) is 12.8 Å². The van der Waals surface area contributed by atoms with Gasteiger partial charge in [-0.15, -0.1) is 11.3 Å². The van der Waals surface area contributed by atoms with Crippen LogP contribution in [0.1, 0.15) is 22.6 Å². The van der Waals surface area contributed by atoms with Gasteiger partial charge < -0.3 is 10.3 Å². The Bertz CT molecular complexity index is 822. The Labute approximate surface area is 131 Å². The van der Waals surface area contributed by atoms with Crippen LogP contribution in [0.2, 0.25) is 0 Å². The number of amides is 1. The van der Waals surface area contributed by atoms with Crippen molar-refractivity contribution in [1.29, 1.82) is 0 Å². The Hall–Kier alpha value is -2.47. The van der Waals surface area contributed by atoms with E-state index in [9.17, 15) is 4.79 Å². The number of aromatic nitrogens is 3. The molecule has 0 saturated heterocycles. The van der Waals surface area contributed by atoms with Crippen LogP contribution in [-0.4, -0.2) is 27.4 Å². The molecule has 5 nitrogen and oxygen atoms in total. The first-order valence-corrected chi connectivity index (χ1v) is 8.07. The van der Waals surface area contributed by atoms with Crippen molar-refractivity contribution >= 4 is 17.2 Å². The monoisotopic (exact) mass is 310 g/mol. The molecule has 1 amide bonds. The molecule has 0 fully saturated rings. The third-order valence-electron chi connectivity index (χ3n) is 3.66. The summed E-state index contributed by atoms with van der Waals surface area (Å²) in [6, 6.07) is 10.0. The lowest BCUT2D eigenvalue weighted by molar-refractivity contribution is 0.0951. The molecule has 4 rings (SSSR count). The number of carbonyl (C=O) groups excluding carboxylic acids is 1. The number of H-pyrrole nitrogens is 1. The number of hydrogen-bond acceptors (Lipinski definition) is 4. The van der Waals surface area contributed by atoms with Crippen molar-refractivity contribution in [3.05, 3.63) is 47.1 Å². The highest BCUT2D eigenvalue weighted by Gasteiger charge is 2.21. The van der Waals surface area contributed by atoms with Gasteiger partial charge in [0.15, 0.2) is 10.8 Å². The quantitative estimate of drug-likeness (QED) is 0.764. The number of benzene rings is 1. The molecule has 0 aliphatic carbocycles. The summed E-state index contributed by atoms with van der Waals surface area (Å²) in [4.78, 5) is 24.3. The van der Waals surface area contributed by atoms with Gasteiger partial charge in [-0.1, -0.05) is 30.3 Å². The maximum atomic E-state index is 12.0. The average Bonchev–Trinajstić information content (AvgIpc) is 3.16. The number of hydrogen-bond donors (Lipinski definition) is 2. The number of nitrogens with one attached hydrogen (secondary N) is 2. The predicted octanol–water partition coefficient (Wildman–Crippen LogP) is 2.88. The van der Waals surface area contributed by atoms with Crippen LogP contribution in [0.5, 0.6) is 0 Å². The Morgan fingerprint density at radius 1 is 1.14 bits per heavy atom. The number of imidazole rings is 1. The molecule has 0 atom stereocenters. The lowest BCUT2D eigenvalue weighted by atomic mass is 10.2. The number of carbonyl (C=O) groups is 1. The summed E-state index contributed by atoms with van der Waals surface area (Å²) in [7, 11) is 0. The predicted molar refractivity (Wildman–Crippen MR) is 85.8 cm³/mol. The third kappa shape index (κ3) is 2.31. The van der Waals surface area contributed by atoms with Crippen molar-refractivity contribution in [1.82, 2.24) is 20.3 Å². The van der Waals surface area contributed by atoms with Gasteiger partial charge >= 0.3 is 0 Å². The van der Waals surface area contributed by atoms with E-state index in [1.54, 1.807) is 0 Å². The van der Waals surface area contributed by atoms with Gasteiger partial charge in [0, 0.05) is 23.2 Å². The number of aromatic amines is 1. The van der Waals surface area contributed by atoms with E-state index in [1.807, 2.05) is 35.7 Å². The number of nitrogens with zero attached hydrogens (tertiary/aromatic N) is 2. The van der Waals surface area contributed by atoms with Crippen LogP contribution in [0.15, 0.2) is 35.7 Å². The Morgan fingerprint density at radius 3 is 2.86 bits per heavy atom. The smallest absolute Gasteiger partial charge is 0.271 e. The van der Waals surface area contributed by atoms with E-state index in [4.69, 9.17) is 0 Å². The summed E-state index contributed by atoms with van der Waals surface area (Å²) in [5.74, 6) is 0.573. The second-order valence-electron chi connectivity index (χ2n) is 5.18. The molecule has 0 saturated carbocycles. The first-order chi connectivity index (χ1) is 10.8. The normalized spacial score (nSPS) is 14.3. The van der Waals surface area contributed by atoms with Gasteiger partial charge in [0.25, 0.3) is 5.91 Å². The molecular formula is C16H14N4OS. The van der Waals surface area contributed by atoms with Gasteiger partial charge in [-0.25, -0.2) is 9.97 Å². The first kappa shape index (κ1) is 13.2. The van der Waals surface area contributed by atoms with Gasteiger partial charge in [-0.2, -0.15) is 0 Å². The summed E-state index contributed by atoms with van der Waals surface area (Å²) in [5.41, 5.74) is 3.41. The van der Waals surface area contributed by atoms with Gasteiger partial charge in [-0.3, -0.25) is 4.79 Å². The fourth-order valence-electron chi connectivity index (χ4n) is 2.55. The van der Waals surface area contributed by atoms with Crippen LogP contribution in [-0.2, 0) is 6.42 Å². The summed E-state index contributed by atoms with van der Waals surface area (Å²) in [5, 5.41) is 5.68. The maximum Gasteiger partial charge on any atom is 0.271 e. The minimum atomic E-state index is -0.102. The first-order valence-electron chi connectivity index (χ1n) is 7.19. The molecule has 2 N–H and O–H groups in total. The zero-order valence-electron chi connectivity index (χ0n) is 11.8. The molecule has 0 spiro atoms. The van der Waals surface area contributed by atoms with Crippen LogP contribution >= 0.6 is 11.3 Å². The highest BCUT2D eigenvalue weighted by atomic mass is 32.1. The van der Waals surface area contributed by atoms with Crippen molar-refractivity contribution in [2.24, 2.45) is 0 Å². The topological polar surface area (TPSA) is 70.7 Å². The van der Waals surface area contributed by atoms with Crippen molar-refractivity contribution in [2.45, 2.75) is 12.8 Å². The number of rotatable bonds is 2. The Kier molecular flexibility index (Phi) is 3.23. The van der Waals surface area contributed by atoms with Gasteiger partial charge in [0.1, 0.15) is 5.69 Å². The largest absolute Gasteiger partial charge is 0.351 e. The van der Waals surface area contributed by atoms with E-state index in [0.717, 1.165) is 34.8 Å². The molecule has 3 aromatic rings. The van der Waals surface area contributed by atoms with Crippen molar-refractivity contribution < 1.29 is 4.79 Å². The zero-order chi connectivity index (χ0) is 14.9. The number of aryl methyl sites for hydroxylation is 1. The summed E-state index contributed by atoms with van der Waals surface area (Å²) < 4.78 is 0. The van der Waals surface area contributed by atoms with E-state index in [0.29, 0.717) is 18.1 Å². The molecule has 22 heavy (non-hydrogen) atoms. The van der Waals surface area contributed by atoms with Gasteiger partial charge in [0.2, 0.25) is 0 Å². The summed E-state index contributed by atoms with van der Waals surface area (Å²) >= 11 is 1.53. The molecule has 1 aliphatic rings. The van der Waals surface area contributed by atoms with Crippen molar-refractivity contribution in [3.63, 3.8) is 0 Å². The summed E-state index contributed by atoms with van der Waals surface area (Å²) in [6.07, 6.45) is 1.76. The lowest BCUT2D eigenvalue weighted by Gasteiger charge is -1.96. The standard InChI is InChI=1S/C16H14N4OS/c21-15-13-11(7-4-8-17-15)18-14(20-13)16-19-12(9-22-16)10-5-2-1-3-6-10/h1-3,5-6,9H,4,7-8H2,(H,17,21)(H,18,20). The van der Waals surface area contributed by atoms with Crippen molar-refractivity contribution in [3.8, 4) is 22.1 Å². The van der Waals surface area contributed by atoms with Crippen LogP contribution < -0.4 is 5.32 Å². The molecule has 1 aromatic carbocycles. The molecule has 6 heteroatoms. The second-order valence-corrected chi connectivity index (χ2v) is 6.03. The molecule has 110 valence electrons. The highest BCUT2D eigenvalue weighted by molar-refractivity contribution is 7.13. The Balaban J connectivity index is 1.70. The van der Waals surface area contributed by atoms with Crippen LogP contribution in [0.3, 0.4) is 0 Å². The van der Waals surface area contributed by atoms with Crippen LogP contribution in [0, 0.1) is 0 Å². The lowest BCUT2D eigenvalue weighted by Crippen LogP contribution is -2.23. The second kappa shape index (κ2) is 5.38. The fraction of sp³-hybridized carbons (Fsp3) is 0.188. The molecular weight excluding hydrogens is 296 g/mol. The Morgan fingerprint density at radius 2 is 2.00 bits per heavy atom. The minimum absolute atomic E-state index is 0.102. The van der Waals surface area contributed by atoms with E-state index >= 15 is 0 Å². The fourth-order valence-corrected chi connectivity index (χ4v) is 3.33. The molecule has 0 unspecified atom stereocenters. The molecule has 1 aliphatic heterocycles. The van der Waals surface area contributed by atoms with E-state index < -0.39 is 0 Å². The maximum absolute atomic E-state index is 12.0. The SMILES string of the molecule is O=C1NCCCc2[nH]c(-c3nc(-c4ccccc4)cs3)nc21. The van der Waals surface area contributed by atoms with Gasteiger partial charge in [0.05, 0.1) is 5.69 Å². The van der Waals surface area contributed by atoms with Crippen LogP contribution in [0.25, 0.3) is 22.1 Å². The average molecular weight is 310 g/mol.